The molecule has 0 spiro atoms. The summed E-state index contributed by atoms with van der Waals surface area (Å²) in [6, 6.07) is 6.02. The Morgan fingerprint density at radius 1 is 1.10 bits per heavy atom. The van der Waals surface area contributed by atoms with E-state index in [0.717, 1.165) is 29.9 Å². The fourth-order valence-electron chi connectivity index (χ4n) is 2.13. The van der Waals surface area contributed by atoms with Gasteiger partial charge in [0.15, 0.2) is 11.5 Å². The molecule has 2 atom stereocenters. The predicted molar refractivity (Wildman–Crippen MR) is 86.1 cm³/mol. The van der Waals surface area contributed by atoms with Crippen molar-refractivity contribution in [3.8, 4) is 11.5 Å². The Morgan fingerprint density at radius 2 is 1.71 bits per heavy atom. The lowest BCUT2D eigenvalue weighted by atomic mass is 9.94. The lowest BCUT2D eigenvalue weighted by Crippen LogP contribution is -2.21. The van der Waals surface area contributed by atoms with E-state index in [2.05, 4.69) is 20.8 Å². The van der Waals surface area contributed by atoms with Gasteiger partial charge in [0.2, 0.25) is 0 Å². The molecular weight excluding hydrogens is 266 g/mol. The topological polar surface area (TPSA) is 64.7 Å². The molecule has 1 rings (SSSR count). The third-order valence-electron chi connectivity index (χ3n) is 3.36. The average molecular weight is 295 g/mol. The average Bonchev–Trinajstić information content (AvgIpc) is 2.50. The Morgan fingerprint density at radius 3 is 2.29 bits per heavy atom. The largest absolute Gasteiger partial charge is 0.490 e. The standard InChI is InChI=1S/C17H29NO3/c1-4-8-20-16-7-6-14(11-17(16)21-9-5-2)13(3)10-15(19)12-18/h6-7,11,13,15,19H,4-5,8-10,12,18H2,1-3H3. The molecule has 0 radical (unpaired) electrons. The number of benzene rings is 1. The van der Waals surface area contributed by atoms with Crippen molar-refractivity contribution in [3.05, 3.63) is 23.8 Å². The van der Waals surface area contributed by atoms with E-state index < -0.39 is 6.10 Å². The highest BCUT2D eigenvalue weighted by Gasteiger charge is 2.14. The highest BCUT2D eigenvalue weighted by Crippen LogP contribution is 2.32. The fourth-order valence-corrected chi connectivity index (χ4v) is 2.13. The van der Waals surface area contributed by atoms with Gasteiger partial charge in [0.25, 0.3) is 0 Å². The maximum Gasteiger partial charge on any atom is 0.161 e. The molecule has 1 aromatic carbocycles. The van der Waals surface area contributed by atoms with E-state index in [9.17, 15) is 5.11 Å². The van der Waals surface area contributed by atoms with Crippen molar-refractivity contribution in [3.63, 3.8) is 0 Å². The Bertz CT molecular complexity index is 409. The summed E-state index contributed by atoms with van der Waals surface area (Å²) in [6.45, 7) is 7.90. The monoisotopic (exact) mass is 295 g/mol. The third-order valence-corrected chi connectivity index (χ3v) is 3.36. The number of hydrogen-bond donors (Lipinski definition) is 2. The van der Waals surface area contributed by atoms with Gasteiger partial charge in [-0.05, 0) is 42.9 Å². The van der Waals surface area contributed by atoms with Crippen molar-refractivity contribution in [1.29, 1.82) is 0 Å². The smallest absolute Gasteiger partial charge is 0.161 e. The molecule has 0 aromatic heterocycles. The van der Waals surface area contributed by atoms with Gasteiger partial charge in [-0.3, -0.25) is 0 Å². The van der Waals surface area contributed by atoms with Crippen LogP contribution in [-0.4, -0.2) is 31.0 Å². The molecule has 4 heteroatoms. The molecule has 1 aromatic rings. The van der Waals surface area contributed by atoms with Crippen LogP contribution in [0.3, 0.4) is 0 Å². The molecule has 0 aliphatic heterocycles. The number of hydrogen-bond acceptors (Lipinski definition) is 4. The van der Waals surface area contributed by atoms with Crippen LogP contribution < -0.4 is 15.2 Å². The van der Waals surface area contributed by atoms with Crippen molar-refractivity contribution in [2.45, 2.75) is 52.1 Å². The minimum Gasteiger partial charge on any atom is -0.490 e. The zero-order chi connectivity index (χ0) is 15.7. The molecule has 4 nitrogen and oxygen atoms in total. The third kappa shape index (κ3) is 5.94. The van der Waals surface area contributed by atoms with Gasteiger partial charge in [0.05, 0.1) is 19.3 Å². The summed E-state index contributed by atoms with van der Waals surface area (Å²) in [5, 5.41) is 9.69. The van der Waals surface area contributed by atoms with Crippen LogP contribution in [0.25, 0.3) is 0 Å². The normalized spacial score (nSPS) is 13.8. The molecule has 0 bridgehead atoms. The van der Waals surface area contributed by atoms with E-state index in [1.165, 1.54) is 0 Å². The Kier molecular flexibility index (Phi) is 8.16. The number of nitrogens with two attached hydrogens (primary N) is 1. The van der Waals surface area contributed by atoms with E-state index in [0.29, 0.717) is 26.2 Å². The van der Waals surface area contributed by atoms with Crippen LogP contribution in [-0.2, 0) is 0 Å². The van der Waals surface area contributed by atoms with Gasteiger partial charge < -0.3 is 20.3 Å². The minimum absolute atomic E-state index is 0.229. The second-order valence-electron chi connectivity index (χ2n) is 5.43. The summed E-state index contributed by atoms with van der Waals surface area (Å²) < 4.78 is 11.5. The molecule has 0 aliphatic rings. The van der Waals surface area contributed by atoms with E-state index in [1.54, 1.807) is 0 Å². The molecule has 0 saturated heterocycles. The maximum atomic E-state index is 9.69. The summed E-state index contributed by atoms with van der Waals surface area (Å²) >= 11 is 0. The number of rotatable bonds is 10. The summed E-state index contributed by atoms with van der Waals surface area (Å²) in [7, 11) is 0. The second kappa shape index (κ2) is 9.64. The Hall–Kier alpha value is -1.26. The van der Waals surface area contributed by atoms with Gasteiger partial charge in [0.1, 0.15) is 0 Å². The molecule has 0 aliphatic carbocycles. The van der Waals surface area contributed by atoms with Crippen LogP contribution >= 0.6 is 0 Å². The zero-order valence-corrected chi connectivity index (χ0v) is 13.5. The fraction of sp³-hybridized carbons (Fsp3) is 0.647. The first kappa shape index (κ1) is 17.8. The second-order valence-corrected chi connectivity index (χ2v) is 5.43. The van der Waals surface area contributed by atoms with Gasteiger partial charge in [0, 0.05) is 6.54 Å². The van der Waals surface area contributed by atoms with Gasteiger partial charge >= 0.3 is 0 Å². The first-order chi connectivity index (χ1) is 10.1. The number of aliphatic hydroxyl groups excluding tert-OH is 1. The molecule has 2 unspecified atom stereocenters. The molecule has 0 fully saturated rings. The van der Waals surface area contributed by atoms with Gasteiger partial charge in [-0.25, -0.2) is 0 Å². The van der Waals surface area contributed by atoms with Crippen LogP contribution in [0.2, 0.25) is 0 Å². The van der Waals surface area contributed by atoms with Crippen LogP contribution in [0.5, 0.6) is 11.5 Å². The van der Waals surface area contributed by atoms with Crippen LogP contribution in [0, 0.1) is 0 Å². The molecule has 0 saturated carbocycles. The van der Waals surface area contributed by atoms with E-state index >= 15 is 0 Å². The highest BCUT2D eigenvalue weighted by atomic mass is 16.5. The molecular formula is C17H29NO3. The quantitative estimate of drug-likeness (QED) is 0.696. The van der Waals surface area contributed by atoms with Crippen LogP contribution in [0.1, 0.15) is 51.5 Å². The zero-order valence-electron chi connectivity index (χ0n) is 13.5. The molecule has 0 heterocycles. The van der Waals surface area contributed by atoms with Crippen LogP contribution in [0.4, 0.5) is 0 Å². The van der Waals surface area contributed by atoms with Crippen molar-refractivity contribution in [2.75, 3.05) is 19.8 Å². The number of ether oxygens (including phenoxy) is 2. The molecule has 0 amide bonds. The summed E-state index contributed by atoms with van der Waals surface area (Å²) in [5.41, 5.74) is 6.61. The van der Waals surface area contributed by atoms with Crippen molar-refractivity contribution in [2.24, 2.45) is 5.73 Å². The summed E-state index contributed by atoms with van der Waals surface area (Å²) in [6.07, 6.45) is 2.11. The Labute approximate surface area is 128 Å². The first-order valence-corrected chi connectivity index (χ1v) is 7.90. The van der Waals surface area contributed by atoms with Crippen LogP contribution in [0.15, 0.2) is 18.2 Å². The summed E-state index contributed by atoms with van der Waals surface area (Å²) in [4.78, 5) is 0. The maximum absolute atomic E-state index is 9.69. The highest BCUT2D eigenvalue weighted by molar-refractivity contribution is 5.44. The lowest BCUT2D eigenvalue weighted by Gasteiger charge is -2.18. The number of aliphatic hydroxyl groups is 1. The van der Waals surface area contributed by atoms with Gasteiger partial charge in [-0.15, -0.1) is 0 Å². The minimum atomic E-state index is -0.462. The lowest BCUT2D eigenvalue weighted by molar-refractivity contribution is 0.165. The first-order valence-electron chi connectivity index (χ1n) is 7.90. The van der Waals surface area contributed by atoms with Gasteiger partial charge in [-0.2, -0.15) is 0 Å². The Balaban J connectivity index is 2.86. The van der Waals surface area contributed by atoms with Crippen molar-refractivity contribution >= 4 is 0 Å². The summed E-state index contributed by atoms with van der Waals surface area (Å²) in [5.74, 6) is 1.81. The van der Waals surface area contributed by atoms with Crippen molar-refractivity contribution < 1.29 is 14.6 Å². The SMILES string of the molecule is CCCOc1ccc(C(C)CC(O)CN)cc1OCCC. The van der Waals surface area contributed by atoms with E-state index in [1.807, 2.05) is 18.2 Å². The molecule has 120 valence electrons. The molecule has 3 N–H and O–H groups in total. The molecule has 21 heavy (non-hydrogen) atoms. The van der Waals surface area contributed by atoms with Gasteiger partial charge in [-0.1, -0.05) is 26.8 Å². The van der Waals surface area contributed by atoms with E-state index in [-0.39, 0.29) is 5.92 Å². The predicted octanol–water partition coefficient (Wildman–Crippen LogP) is 3.08. The van der Waals surface area contributed by atoms with E-state index in [4.69, 9.17) is 15.2 Å². The van der Waals surface area contributed by atoms with Crippen molar-refractivity contribution in [1.82, 2.24) is 0 Å².